The molecule has 0 rings (SSSR count). The van der Waals surface area contributed by atoms with Crippen molar-refractivity contribution in [1.29, 1.82) is 0 Å². The molecule has 0 N–H and O–H groups in total. The first-order chi connectivity index (χ1) is 14.3. The fourth-order valence-electron chi connectivity index (χ4n) is 4.46. The minimum Gasteiger partial charge on any atom is -0.590 e. The Morgan fingerprint density at radius 1 is 0.667 bits per heavy atom. The number of hydrogen-bond acceptors (Lipinski definition) is 2. The summed E-state index contributed by atoms with van der Waals surface area (Å²) in [4.78, 5) is 12.1. The van der Waals surface area contributed by atoms with Gasteiger partial charge in [-0.1, -0.05) is 94.8 Å². The van der Waals surface area contributed by atoms with Gasteiger partial charge in [-0.3, -0.25) is 4.48 Å². The Kier molecular flexibility index (Phi) is 18.2. The summed E-state index contributed by atoms with van der Waals surface area (Å²) in [5.74, 6) is 0. The number of hydrogen-bond donors (Lipinski definition) is 0. The lowest BCUT2D eigenvalue weighted by Crippen LogP contribution is -2.55. The molecule has 2 unspecified atom stereocenters. The van der Waals surface area contributed by atoms with Crippen LogP contribution in [0.5, 0.6) is 0 Å². The molecule has 2 atom stereocenters. The number of quaternary nitrogens is 1. The van der Waals surface area contributed by atoms with Gasteiger partial charge in [0.25, 0.3) is 5.28 Å². The zero-order valence-electron chi connectivity index (χ0n) is 21.1. The van der Waals surface area contributed by atoms with Crippen molar-refractivity contribution in [3.8, 4) is 0 Å². The molecule has 0 spiro atoms. The lowest BCUT2D eigenvalue weighted by atomic mass is 9.99. The van der Waals surface area contributed by atoms with Gasteiger partial charge in [0.05, 0.1) is 21.1 Å². The average molecular weight is 443 g/mol. The highest BCUT2D eigenvalue weighted by atomic mass is 31.1. The standard InChI is InChI=1S/C26H53NO2P/c1-6-8-9-10-11-12-13-14-15-16-17-18-19-20-21-22-23-25-26(24-7-2,30(28)29)27(3,4)5/h13-14H,6-12,15-25H2,1-5H3/q+1/b14-13-. The zero-order chi connectivity index (χ0) is 22.7. The van der Waals surface area contributed by atoms with Gasteiger partial charge in [0.2, 0.25) is 0 Å². The molecular formula is C26H53NO2P+. The first kappa shape index (κ1) is 29.8. The van der Waals surface area contributed by atoms with E-state index in [9.17, 15) is 9.46 Å². The van der Waals surface area contributed by atoms with Crippen molar-refractivity contribution in [2.24, 2.45) is 0 Å². The van der Waals surface area contributed by atoms with E-state index in [2.05, 4.69) is 26.0 Å². The maximum absolute atomic E-state index is 12.1. The molecule has 0 fully saturated rings. The second-order valence-corrected chi connectivity index (χ2v) is 11.4. The van der Waals surface area contributed by atoms with Gasteiger partial charge in [0.15, 0.2) is 0 Å². The van der Waals surface area contributed by atoms with Crippen LogP contribution in [0.2, 0.25) is 0 Å². The van der Waals surface area contributed by atoms with E-state index in [-0.39, 0.29) is 0 Å². The molecule has 30 heavy (non-hydrogen) atoms. The van der Waals surface area contributed by atoms with Crippen molar-refractivity contribution in [1.82, 2.24) is 0 Å². The Balaban J connectivity index is 3.70. The highest BCUT2D eigenvalue weighted by Crippen LogP contribution is 2.45. The average Bonchev–Trinajstić information content (AvgIpc) is 2.68. The molecule has 0 saturated carbocycles. The van der Waals surface area contributed by atoms with Crippen molar-refractivity contribution in [3.63, 3.8) is 0 Å². The summed E-state index contributed by atoms with van der Waals surface area (Å²) in [6.07, 6.45) is 26.7. The molecule has 0 aliphatic heterocycles. The monoisotopic (exact) mass is 442 g/mol. The van der Waals surface area contributed by atoms with Gasteiger partial charge in [0.1, 0.15) is 0 Å². The molecule has 0 amide bonds. The van der Waals surface area contributed by atoms with Gasteiger partial charge in [-0.2, -0.15) is 0 Å². The third-order valence-electron chi connectivity index (χ3n) is 6.58. The summed E-state index contributed by atoms with van der Waals surface area (Å²) in [6.45, 7) is 4.36. The van der Waals surface area contributed by atoms with Crippen molar-refractivity contribution >= 4 is 8.03 Å². The molecule has 0 aliphatic carbocycles. The lowest BCUT2D eigenvalue weighted by Gasteiger charge is -2.39. The fraction of sp³-hybridized carbons (Fsp3) is 0.923. The first-order valence-corrected chi connectivity index (χ1v) is 14.1. The van der Waals surface area contributed by atoms with Crippen LogP contribution in [0.1, 0.15) is 129 Å². The van der Waals surface area contributed by atoms with Gasteiger partial charge < -0.3 is 4.89 Å². The van der Waals surface area contributed by atoms with Crippen LogP contribution < -0.4 is 4.89 Å². The summed E-state index contributed by atoms with van der Waals surface area (Å²) < 4.78 is 12.6. The molecule has 178 valence electrons. The smallest absolute Gasteiger partial charge is 0.376 e. The van der Waals surface area contributed by atoms with Crippen molar-refractivity contribution in [3.05, 3.63) is 12.2 Å². The number of allylic oxidation sites excluding steroid dienone is 2. The van der Waals surface area contributed by atoms with Gasteiger partial charge in [0, 0.05) is 12.8 Å². The van der Waals surface area contributed by atoms with Crippen LogP contribution >= 0.6 is 8.03 Å². The number of rotatable bonds is 21. The maximum Gasteiger partial charge on any atom is 0.376 e. The van der Waals surface area contributed by atoms with Crippen LogP contribution in [0.3, 0.4) is 0 Å². The second-order valence-electron chi connectivity index (χ2n) is 10.0. The highest BCUT2D eigenvalue weighted by molar-refractivity contribution is 7.38. The highest BCUT2D eigenvalue weighted by Gasteiger charge is 2.53. The first-order valence-electron chi connectivity index (χ1n) is 12.9. The minimum absolute atomic E-state index is 0.521. The van der Waals surface area contributed by atoms with Gasteiger partial charge in [-0.25, -0.2) is 0 Å². The van der Waals surface area contributed by atoms with E-state index in [0.29, 0.717) is 4.48 Å². The second kappa shape index (κ2) is 18.3. The topological polar surface area (TPSA) is 40.1 Å². The third kappa shape index (κ3) is 13.2. The Morgan fingerprint density at radius 2 is 1.10 bits per heavy atom. The molecule has 3 nitrogen and oxygen atoms in total. The molecule has 0 aliphatic rings. The lowest BCUT2D eigenvalue weighted by molar-refractivity contribution is -0.910. The van der Waals surface area contributed by atoms with Gasteiger partial charge >= 0.3 is 8.03 Å². The van der Waals surface area contributed by atoms with E-state index in [1.54, 1.807) is 0 Å². The molecule has 0 saturated heterocycles. The van der Waals surface area contributed by atoms with E-state index in [0.717, 1.165) is 32.1 Å². The van der Waals surface area contributed by atoms with Crippen molar-refractivity contribution < 1.29 is 13.9 Å². The van der Waals surface area contributed by atoms with E-state index in [1.165, 1.54) is 83.5 Å². The predicted molar refractivity (Wildman–Crippen MR) is 132 cm³/mol. The van der Waals surface area contributed by atoms with E-state index in [4.69, 9.17) is 0 Å². The minimum atomic E-state index is -2.42. The Morgan fingerprint density at radius 3 is 1.50 bits per heavy atom. The van der Waals surface area contributed by atoms with E-state index in [1.807, 2.05) is 21.1 Å². The molecule has 0 bridgehead atoms. The van der Waals surface area contributed by atoms with Crippen molar-refractivity contribution in [2.45, 2.75) is 135 Å². The largest absolute Gasteiger partial charge is 0.590 e. The summed E-state index contributed by atoms with van der Waals surface area (Å²) in [7, 11) is 3.67. The predicted octanol–water partition coefficient (Wildman–Crippen LogP) is 8.11. The van der Waals surface area contributed by atoms with Crippen LogP contribution in [-0.2, 0) is 4.57 Å². The summed E-state index contributed by atoms with van der Waals surface area (Å²) >= 11 is 0. The molecule has 0 aromatic heterocycles. The van der Waals surface area contributed by atoms with E-state index < -0.39 is 13.3 Å². The SMILES string of the molecule is CCCCCCC/C=C\CCCCCCCCCCC(CCC)([P+](=O)[O-])[N+](C)(C)C. The normalized spacial score (nSPS) is 14.9. The molecule has 4 heteroatoms. The van der Waals surface area contributed by atoms with Crippen LogP contribution in [0.15, 0.2) is 12.2 Å². The molecule has 0 heterocycles. The summed E-state index contributed by atoms with van der Waals surface area (Å²) in [5, 5.41) is -0.590. The quantitative estimate of drug-likeness (QED) is 0.0779. The Labute approximate surface area is 190 Å². The molecular weight excluding hydrogens is 389 g/mol. The molecule has 0 aromatic carbocycles. The number of nitrogens with zero attached hydrogens (tertiary/aromatic N) is 1. The van der Waals surface area contributed by atoms with Crippen LogP contribution in [0.4, 0.5) is 0 Å². The Hall–Kier alpha value is -0.240. The maximum atomic E-state index is 12.1. The van der Waals surface area contributed by atoms with E-state index >= 15 is 0 Å². The van der Waals surface area contributed by atoms with Crippen LogP contribution in [0.25, 0.3) is 0 Å². The zero-order valence-corrected chi connectivity index (χ0v) is 22.0. The van der Waals surface area contributed by atoms with Gasteiger partial charge in [-0.15, -0.1) is 0 Å². The van der Waals surface area contributed by atoms with Crippen LogP contribution in [0, 0.1) is 0 Å². The summed E-state index contributed by atoms with van der Waals surface area (Å²) in [5.41, 5.74) is 0. The Bertz CT molecular complexity index is 445. The molecule has 0 aromatic rings. The fourth-order valence-corrected chi connectivity index (χ4v) is 5.69. The summed E-state index contributed by atoms with van der Waals surface area (Å²) in [6, 6.07) is 0. The number of unbranched alkanes of at least 4 members (excludes halogenated alkanes) is 13. The molecule has 0 radical (unpaired) electrons. The van der Waals surface area contributed by atoms with Crippen LogP contribution in [-0.4, -0.2) is 30.9 Å². The van der Waals surface area contributed by atoms with Crippen molar-refractivity contribution in [2.75, 3.05) is 21.1 Å². The third-order valence-corrected chi connectivity index (χ3v) is 8.30. The van der Waals surface area contributed by atoms with Gasteiger partial charge in [-0.05, 0) is 38.5 Å².